The molecule has 0 fully saturated rings. The quantitative estimate of drug-likeness (QED) is 0.487. The fourth-order valence-electron chi connectivity index (χ4n) is 3.14. The molecule has 0 aliphatic heterocycles. The number of hydrogen-bond donors (Lipinski definition) is 0. The molecule has 0 N–H and O–H groups in total. The van der Waals surface area contributed by atoms with Gasteiger partial charge in [0, 0.05) is 23.6 Å². The van der Waals surface area contributed by atoms with Gasteiger partial charge < -0.3 is 9.30 Å². The minimum atomic E-state index is -0.183. The summed E-state index contributed by atoms with van der Waals surface area (Å²) >= 11 is 0. The number of carbonyl (C=O) groups excluding carboxylic acids is 1. The lowest BCUT2D eigenvalue weighted by Crippen LogP contribution is -2.06. The largest absolute Gasteiger partial charge is 0.496 e. The standard InChI is InChI=1S/C23H19N3O2/c1-16-7-6-12-24-22(16)23(27)20-14-26(15-25-20)18-9-5-8-17(13-18)19-10-3-4-11-21(19)28-2/h3-15H,1-2H3. The van der Waals surface area contributed by atoms with Crippen LogP contribution in [0.1, 0.15) is 21.7 Å². The van der Waals surface area contributed by atoms with E-state index in [4.69, 9.17) is 4.74 Å². The molecule has 0 aliphatic carbocycles. The van der Waals surface area contributed by atoms with Crippen molar-refractivity contribution in [2.75, 3.05) is 7.11 Å². The van der Waals surface area contributed by atoms with E-state index in [0.29, 0.717) is 11.4 Å². The molecule has 0 aliphatic rings. The lowest BCUT2D eigenvalue weighted by molar-refractivity contribution is 0.102. The Hall–Kier alpha value is -3.73. The number of aromatic nitrogens is 3. The Morgan fingerprint density at radius 1 is 1.00 bits per heavy atom. The van der Waals surface area contributed by atoms with Gasteiger partial charge in [0.15, 0.2) is 0 Å². The predicted molar refractivity (Wildman–Crippen MR) is 108 cm³/mol. The van der Waals surface area contributed by atoms with Gasteiger partial charge in [0.1, 0.15) is 23.5 Å². The van der Waals surface area contributed by atoms with Crippen molar-refractivity contribution in [1.29, 1.82) is 0 Å². The molecule has 5 nitrogen and oxygen atoms in total. The van der Waals surface area contributed by atoms with Crippen molar-refractivity contribution >= 4 is 5.78 Å². The number of aryl methyl sites for hydroxylation is 1. The summed E-state index contributed by atoms with van der Waals surface area (Å²) in [5.74, 6) is 0.629. The second-order valence-corrected chi connectivity index (χ2v) is 6.41. The van der Waals surface area contributed by atoms with Gasteiger partial charge in [-0.2, -0.15) is 0 Å². The van der Waals surface area contributed by atoms with Gasteiger partial charge in [0.05, 0.1) is 7.11 Å². The maximum absolute atomic E-state index is 12.7. The summed E-state index contributed by atoms with van der Waals surface area (Å²) < 4.78 is 7.31. The van der Waals surface area contributed by atoms with Crippen molar-refractivity contribution in [2.45, 2.75) is 6.92 Å². The van der Waals surface area contributed by atoms with Crippen LogP contribution in [0.15, 0.2) is 79.4 Å². The topological polar surface area (TPSA) is 57.0 Å². The van der Waals surface area contributed by atoms with Crippen molar-refractivity contribution in [3.8, 4) is 22.6 Å². The maximum atomic E-state index is 12.7. The Bertz CT molecular complexity index is 1150. The van der Waals surface area contributed by atoms with Crippen LogP contribution in [0.5, 0.6) is 5.75 Å². The first-order valence-corrected chi connectivity index (χ1v) is 8.91. The van der Waals surface area contributed by atoms with Crippen LogP contribution in [0.4, 0.5) is 0 Å². The van der Waals surface area contributed by atoms with Crippen molar-refractivity contribution in [3.63, 3.8) is 0 Å². The van der Waals surface area contributed by atoms with E-state index in [1.807, 2.05) is 72.2 Å². The molecule has 2 aromatic heterocycles. The highest BCUT2D eigenvalue weighted by atomic mass is 16.5. The Morgan fingerprint density at radius 2 is 1.86 bits per heavy atom. The van der Waals surface area contributed by atoms with Gasteiger partial charge >= 0.3 is 0 Å². The lowest BCUT2D eigenvalue weighted by Gasteiger charge is -2.10. The molecule has 5 heteroatoms. The van der Waals surface area contributed by atoms with Gasteiger partial charge in [-0.15, -0.1) is 0 Å². The monoisotopic (exact) mass is 369 g/mol. The number of pyridine rings is 1. The van der Waals surface area contributed by atoms with Crippen molar-refractivity contribution in [2.24, 2.45) is 0 Å². The van der Waals surface area contributed by atoms with E-state index in [0.717, 1.165) is 28.1 Å². The van der Waals surface area contributed by atoms with Crippen LogP contribution in [-0.4, -0.2) is 27.4 Å². The molecule has 28 heavy (non-hydrogen) atoms. The first-order valence-electron chi connectivity index (χ1n) is 8.91. The van der Waals surface area contributed by atoms with Crippen LogP contribution in [0.3, 0.4) is 0 Å². The number of carbonyl (C=O) groups is 1. The van der Waals surface area contributed by atoms with Crippen molar-refractivity contribution in [1.82, 2.24) is 14.5 Å². The smallest absolute Gasteiger partial charge is 0.231 e. The number of para-hydroxylation sites is 1. The number of ketones is 1. The number of imidazole rings is 1. The third-order valence-corrected chi connectivity index (χ3v) is 4.60. The number of rotatable bonds is 5. The van der Waals surface area contributed by atoms with Crippen molar-refractivity contribution in [3.05, 3.63) is 96.3 Å². The molecule has 0 saturated heterocycles. The highest BCUT2D eigenvalue weighted by Gasteiger charge is 2.16. The Morgan fingerprint density at radius 3 is 2.68 bits per heavy atom. The summed E-state index contributed by atoms with van der Waals surface area (Å²) in [6.45, 7) is 1.87. The molecular formula is C23H19N3O2. The second kappa shape index (κ2) is 7.48. The average molecular weight is 369 g/mol. The van der Waals surface area contributed by atoms with E-state index < -0.39 is 0 Å². The van der Waals surface area contributed by atoms with Gasteiger partial charge in [-0.3, -0.25) is 9.78 Å². The fourth-order valence-corrected chi connectivity index (χ4v) is 3.14. The molecule has 2 heterocycles. The summed E-state index contributed by atoms with van der Waals surface area (Å²) in [6.07, 6.45) is 5.00. The second-order valence-electron chi connectivity index (χ2n) is 6.41. The molecule has 0 radical (unpaired) electrons. The lowest BCUT2D eigenvalue weighted by atomic mass is 10.0. The first-order chi connectivity index (χ1) is 13.7. The van der Waals surface area contributed by atoms with Crippen LogP contribution in [0, 0.1) is 6.92 Å². The van der Waals surface area contributed by atoms with Crippen LogP contribution >= 0.6 is 0 Å². The maximum Gasteiger partial charge on any atom is 0.231 e. The van der Waals surface area contributed by atoms with Crippen LogP contribution in [0.2, 0.25) is 0 Å². The highest BCUT2D eigenvalue weighted by molar-refractivity contribution is 6.07. The van der Waals surface area contributed by atoms with E-state index in [2.05, 4.69) is 9.97 Å². The van der Waals surface area contributed by atoms with E-state index in [1.54, 1.807) is 25.8 Å². The third kappa shape index (κ3) is 3.30. The first kappa shape index (κ1) is 17.7. The zero-order valence-electron chi connectivity index (χ0n) is 15.7. The number of hydrogen-bond acceptors (Lipinski definition) is 4. The van der Waals surface area contributed by atoms with Gasteiger partial charge in [-0.1, -0.05) is 36.4 Å². The summed E-state index contributed by atoms with van der Waals surface area (Å²) in [5.41, 5.74) is 4.57. The molecule has 0 amide bonds. The summed E-state index contributed by atoms with van der Waals surface area (Å²) in [5, 5.41) is 0. The third-order valence-electron chi connectivity index (χ3n) is 4.60. The van der Waals surface area contributed by atoms with Crippen LogP contribution in [0.25, 0.3) is 16.8 Å². The van der Waals surface area contributed by atoms with Crippen molar-refractivity contribution < 1.29 is 9.53 Å². The number of nitrogens with zero attached hydrogens (tertiary/aromatic N) is 3. The molecular weight excluding hydrogens is 350 g/mol. The molecule has 2 aromatic carbocycles. The zero-order valence-corrected chi connectivity index (χ0v) is 15.7. The van der Waals surface area contributed by atoms with Gasteiger partial charge in [0.2, 0.25) is 5.78 Å². The van der Waals surface area contributed by atoms with E-state index in [-0.39, 0.29) is 5.78 Å². The number of ether oxygens (including phenoxy) is 1. The molecule has 0 atom stereocenters. The summed E-state index contributed by atoms with van der Waals surface area (Å²) in [6, 6.07) is 19.6. The van der Waals surface area contributed by atoms with E-state index in [9.17, 15) is 4.79 Å². The molecule has 4 rings (SSSR count). The Labute approximate surface area is 163 Å². The Kier molecular flexibility index (Phi) is 4.72. The predicted octanol–water partition coefficient (Wildman–Crippen LogP) is 4.48. The molecule has 4 aromatic rings. The molecule has 138 valence electrons. The van der Waals surface area contributed by atoms with Crippen LogP contribution < -0.4 is 4.74 Å². The number of methoxy groups -OCH3 is 1. The minimum absolute atomic E-state index is 0.183. The van der Waals surface area contributed by atoms with Gasteiger partial charge in [-0.05, 0) is 42.3 Å². The SMILES string of the molecule is COc1ccccc1-c1cccc(-n2cnc(C(=O)c3ncccc3C)c2)c1. The van der Waals surface area contributed by atoms with E-state index >= 15 is 0 Å². The van der Waals surface area contributed by atoms with Gasteiger partial charge in [0.25, 0.3) is 0 Å². The summed E-state index contributed by atoms with van der Waals surface area (Å²) in [7, 11) is 1.66. The molecule has 0 saturated carbocycles. The number of benzene rings is 2. The highest BCUT2D eigenvalue weighted by Crippen LogP contribution is 2.30. The minimum Gasteiger partial charge on any atom is -0.496 e. The molecule has 0 spiro atoms. The average Bonchev–Trinajstić information content (AvgIpc) is 3.24. The normalized spacial score (nSPS) is 10.6. The molecule has 0 unspecified atom stereocenters. The zero-order chi connectivity index (χ0) is 19.5. The fraction of sp³-hybridized carbons (Fsp3) is 0.0870. The van der Waals surface area contributed by atoms with Gasteiger partial charge in [-0.25, -0.2) is 4.98 Å². The van der Waals surface area contributed by atoms with Crippen LogP contribution in [-0.2, 0) is 0 Å². The molecule has 0 bridgehead atoms. The Balaban J connectivity index is 1.68. The van der Waals surface area contributed by atoms with E-state index in [1.165, 1.54) is 0 Å². The summed E-state index contributed by atoms with van der Waals surface area (Å²) in [4.78, 5) is 21.2.